The molecule has 0 N–H and O–H groups in total. The Morgan fingerprint density at radius 1 is 0.632 bits per heavy atom. The molecule has 0 aromatic heterocycles. The summed E-state index contributed by atoms with van der Waals surface area (Å²) in [6, 6.07) is 0. The molecule has 0 radical (unpaired) electrons. The van der Waals surface area contributed by atoms with Gasteiger partial charge in [0.15, 0.2) is 0 Å². The molecule has 2 unspecified atom stereocenters. The maximum Gasteiger partial charge on any atom is 2.00 e. The molecule has 0 nitrogen and oxygen atoms in total. The molecular formula is C18H26Ni. The van der Waals surface area contributed by atoms with Crippen LogP contribution in [0.2, 0.25) is 0 Å². The summed E-state index contributed by atoms with van der Waals surface area (Å²) < 4.78 is 0. The van der Waals surface area contributed by atoms with Gasteiger partial charge in [-0.15, -0.1) is 13.8 Å². The van der Waals surface area contributed by atoms with Gasteiger partial charge in [0.05, 0.1) is 0 Å². The van der Waals surface area contributed by atoms with Crippen LogP contribution in [0.25, 0.3) is 0 Å². The molecular weight excluding hydrogens is 275 g/mol. The molecule has 0 aromatic carbocycles. The second-order valence-corrected chi connectivity index (χ2v) is 5.60. The second-order valence-electron chi connectivity index (χ2n) is 5.60. The Labute approximate surface area is 129 Å². The molecule has 0 heterocycles. The molecule has 0 saturated heterocycles. The van der Waals surface area contributed by atoms with Crippen molar-refractivity contribution in [1.82, 2.24) is 0 Å². The summed E-state index contributed by atoms with van der Waals surface area (Å²) >= 11 is 0. The molecule has 2 aliphatic carbocycles. The Bertz CT molecular complexity index is 414. The van der Waals surface area contributed by atoms with E-state index in [2.05, 4.69) is 67.5 Å². The zero-order chi connectivity index (χ0) is 14.0. The Balaban J connectivity index is 0.000000324. The van der Waals surface area contributed by atoms with E-state index in [9.17, 15) is 0 Å². The molecule has 108 valence electrons. The minimum Gasteiger partial charge on any atom is -0.266 e. The van der Waals surface area contributed by atoms with Crippen molar-refractivity contribution >= 4 is 0 Å². The maximum absolute atomic E-state index is 3.36. The number of rotatable bonds is 0. The van der Waals surface area contributed by atoms with Gasteiger partial charge in [-0.25, -0.2) is 11.1 Å². The van der Waals surface area contributed by atoms with Crippen molar-refractivity contribution in [3.05, 3.63) is 45.6 Å². The largest absolute Gasteiger partial charge is 2.00 e. The average molecular weight is 301 g/mol. The van der Waals surface area contributed by atoms with Crippen molar-refractivity contribution in [1.29, 1.82) is 0 Å². The molecule has 0 aliphatic heterocycles. The molecule has 19 heavy (non-hydrogen) atoms. The van der Waals surface area contributed by atoms with E-state index in [-0.39, 0.29) is 16.5 Å². The van der Waals surface area contributed by atoms with Gasteiger partial charge in [0, 0.05) is 0 Å². The standard InChI is InChI=1S/2C9H13.Ni/c2*1-6-5-7(2)9(4)8(6)3;/h2*6H,1-4H3;/q2*-1;+2. The van der Waals surface area contributed by atoms with Gasteiger partial charge >= 0.3 is 16.5 Å². The first-order valence-electron chi connectivity index (χ1n) is 6.81. The predicted octanol–water partition coefficient (Wildman–Crippen LogP) is 5.44. The third-order valence-electron chi connectivity index (χ3n) is 4.47. The third kappa shape index (κ3) is 4.21. The summed E-state index contributed by atoms with van der Waals surface area (Å²) in [4.78, 5) is 0. The van der Waals surface area contributed by atoms with E-state index in [0.29, 0.717) is 11.8 Å². The van der Waals surface area contributed by atoms with Crippen molar-refractivity contribution in [3.8, 4) is 0 Å². The fraction of sp³-hybridized carbons (Fsp3) is 0.556. The predicted molar refractivity (Wildman–Crippen MR) is 79.9 cm³/mol. The van der Waals surface area contributed by atoms with Gasteiger partial charge in [0.2, 0.25) is 0 Å². The van der Waals surface area contributed by atoms with E-state index in [1.165, 1.54) is 33.4 Å². The van der Waals surface area contributed by atoms with Crippen LogP contribution in [0.4, 0.5) is 0 Å². The summed E-state index contributed by atoms with van der Waals surface area (Å²) in [7, 11) is 0. The van der Waals surface area contributed by atoms with Crippen LogP contribution in [0.1, 0.15) is 55.4 Å². The van der Waals surface area contributed by atoms with Gasteiger partial charge in [0.1, 0.15) is 0 Å². The fourth-order valence-electron chi connectivity index (χ4n) is 2.32. The van der Waals surface area contributed by atoms with Crippen molar-refractivity contribution in [2.45, 2.75) is 55.4 Å². The summed E-state index contributed by atoms with van der Waals surface area (Å²) in [5.41, 5.74) is 8.49. The van der Waals surface area contributed by atoms with Crippen LogP contribution in [0.5, 0.6) is 0 Å². The summed E-state index contributed by atoms with van der Waals surface area (Å²) in [6.07, 6.45) is 6.72. The van der Waals surface area contributed by atoms with Crippen molar-refractivity contribution in [2.24, 2.45) is 11.8 Å². The molecule has 0 spiro atoms. The Kier molecular flexibility index (Phi) is 7.08. The van der Waals surface area contributed by atoms with Gasteiger partial charge < -0.3 is 0 Å². The summed E-state index contributed by atoms with van der Waals surface area (Å²) in [5, 5.41) is 0. The van der Waals surface area contributed by atoms with E-state index in [4.69, 9.17) is 0 Å². The van der Waals surface area contributed by atoms with E-state index >= 15 is 0 Å². The van der Waals surface area contributed by atoms with Crippen LogP contribution in [-0.2, 0) is 16.5 Å². The topological polar surface area (TPSA) is 0 Å². The van der Waals surface area contributed by atoms with Gasteiger partial charge in [-0.3, -0.25) is 12.2 Å². The molecule has 0 amide bonds. The molecule has 1 heteroatoms. The first kappa shape index (κ1) is 18.5. The van der Waals surface area contributed by atoms with Crippen LogP contribution < -0.4 is 0 Å². The quantitative estimate of drug-likeness (QED) is 0.413. The smallest absolute Gasteiger partial charge is 0.266 e. The maximum atomic E-state index is 3.36. The fourth-order valence-corrected chi connectivity index (χ4v) is 2.32. The Hall–Kier alpha value is -0.546. The monoisotopic (exact) mass is 300 g/mol. The minimum absolute atomic E-state index is 0. The zero-order valence-electron chi connectivity index (χ0n) is 13.5. The van der Waals surface area contributed by atoms with E-state index < -0.39 is 0 Å². The van der Waals surface area contributed by atoms with Crippen LogP contribution in [0.3, 0.4) is 0 Å². The molecule has 2 aliphatic rings. The van der Waals surface area contributed by atoms with Gasteiger partial charge in [-0.05, 0) is 0 Å². The number of allylic oxidation sites excluding steroid dienone is 8. The first-order chi connectivity index (χ1) is 8.25. The first-order valence-corrected chi connectivity index (χ1v) is 6.81. The summed E-state index contributed by atoms with van der Waals surface area (Å²) in [6.45, 7) is 17.3. The van der Waals surface area contributed by atoms with Crippen LogP contribution in [0, 0.1) is 24.0 Å². The zero-order valence-corrected chi connectivity index (χ0v) is 14.5. The molecule has 0 aromatic rings. The Morgan fingerprint density at radius 2 is 0.895 bits per heavy atom. The number of hydrogen-bond acceptors (Lipinski definition) is 0. The second kappa shape index (κ2) is 7.29. The number of hydrogen-bond donors (Lipinski definition) is 0. The molecule has 2 rings (SSSR count). The average Bonchev–Trinajstić information content (AvgIpc) is 2.66. The van der Waals surface area contributed by atoms with E-state index in [0.717, 1.165) is 0 Å². The van der Waals surface area contributed by atoms with E-state index in [1.807, 2.05) is 0 Å². The van der Waals surface area contributed by atoms with Crippen LogP contribution in [-0.4, -0.2) is 0 Å². The molecule has 0 fully saturated rings. The Morgan fingerprint density at radius 3 is 0.947 bits per heavy atom. The van der Waals surface area contributed by atoms with Crippen molar-refractivity contribution < 1.29 is 16.5 Å². The molecule has 0 saturated carbocycles. The van der Waals surface area contributed by atoms with Gasteiger partial charge in [-0.1, -0.05) is 53.4 Å². The van der Waals surface area contributed by atoms with Gasteiger partial charge in [-0.2, -0.15) is 22.3 Å². The van der Waals surface area contributed by atoms with E-state index in [1.54, 1.807) is 0 Å². The molecule has 2 atom stereocenters. The molecule has 0 bridgehead atoms. The van der Waals surface area contributed by atoms with Gasteiger partial charge in [0.25, 0.3) is 0 Å². The van der Waals surface area contributed by atoms with Crippen molar-refractivity contribution in [2.75, 3.05) is 0 Å². The summed E-state index contributed by atoms with van der Waals surface area (Å²) in [5.74, 6) is 1.12. The van der Waals surface area contributed by atoms with Crippen molar-refractivity contribution in [3.63, 3.8) is 0 Å². The SMILES string of the molecule is CC1=[C-]C(C)C(C)=C1C.CC1=[C-]C(C)C(C)=C1C.[Ni+2]. The minimum atomic E-state index is 0. The third-order valence-corrected chi connectivity index (χ3v) is 4.47. The van der Waals surface area contributed by atoms with Crippen LogP contribution in [0.15, 0.2) is 33.4 Å². The van der Waals surface area contributed by atoms with Crippen LogP contribution >= 0.6 is 0 Å². The normalized spacial score (nSPS) is 25.7.